The summed E-state index contributed by atoms with van der Waals surface area (Å²) in [4.78, 5) is 27.5. The van der Waals surface area contributed by atoms with Gasteiger partial charge in [-0.05, 0) is 29.3 Å². The van der Waals surface area contributed by atoms with Gasteiger partial charge in [-0.15, -0.1) is 0 Å². The summed E-state index contributed by atoms with van der Waals surface area (Å²) in [7, 11) is -3.31. The Hall–Kier alpha value is -3.30. The largest absolute Gasteiger partial charge is 0.545 e. The lowest BCUT2D eigenvalue weighted by Crippen LogP contribution is -2.18. The van der Waals surface area contributed by atoms with Gasteiger partial charge in [0.1, 0.15) is 0 Å². The summed E-state index contributed by atoms with van der Waals surface area (Å²) >= 11 is 1.28. The van der Waals surface area contributed by atoms with E-state index in [0.29, 0.717) is 16.4 Å². The smallest absolute Gasteiger partial charge is 0.223 e. The second-order valence-corrected chi connectivity index (χ2v) is 9.46. The number of amides is 1. The lowest BCUT2D eigenvalue weighted by Gasteiger charge is -2.05. The predicted molar refractivity (Wildman–Crippen MR) is 114 cm³/mol. The maximum absolute atomic E-state index is 11.7. The van der Waals surface area contributed by atoms with Gasteiger partial charge in [-0.2, -0.15) is 0 Å². The highest BCUT2D eigenvalue weighted by Gasteiger charge is 2.16. The second kappa shape index (κ2) is 8.60. The highest BCUT2D eigenvalue weighted by molar-refractivity contribution is 7.90. The van der Waals surface area contributed by atoms with Crippen molar-refractivity contribution in [3.8, 4) is 21.7 Å². The molecule has 3 aromatic rings. The first-order chi connectivity index (χ1) is 14.1. The van der Waals surface area contributed by atoms with E-state index in [4.69, 9.17) is 0 Å². The number of carboxylic acid groups (broad SMARTS) is 1. The molecule has 0 radical (unpaired) electrons. The van der Waals surface area contributed by atoms with Crippen molar-refractivity contribution in [1.29, 1.82) is 0 Å². The molecule has 0 bridgehead atoms. The first-order valence-electron chi connectivity index (χ1n) is 8.72. The minimum absolute atomic E-state index is 0.212. The van der Waals surface area contributed by atoms with Gasteiger partial charge in [0.25, 0.3) is 0 Å². The molecule has 30 heavy (non-hydrogen) atoms. The van der Waals surface area contributed by atoms with Gasteiger partial charge < -0.3 is 15.2 Å². The predicted octanol–water partition coefficient (Wildman–Crippen LogP) is 2.60. The number of nitrogens with zero attached hydrogens (tertiary/aromatic N) is 1. The molecular weight excluding hydrogens is 424 g/mol. The van der Waals surface area contributed by atoms with Crippen LogP contribution in [0.4, 0.5) is 5.13 Å². The highest BCUT2D eigenvalue weighted by atomic mass is 32.2. The Morgan fingerprint density at radius 3 is 2.17 bits per heavy atom. The van der Waals surface area contributed by atoms with Crippen LogP contribution in [0.15, 0.2) is 59.5 Å². The molecule has 0 saturated carbocycles. The fourth-order valence-corrected chi connectivity index (χ4v) is 4.35. The summed E-state index contributed by atoms with van der Waals surface area (Å²) in [5, 5.41) is 13.7. The standard InChI is InChI=1S/C21H18N2O5S2/c1-13(24)22-21-23-19(15-6-3-14(4-7-15)5-12-18(25)26)20(29-21)16-8-10-17(11-9-16)30(2,27)28/h3-12H,1-2H3,(H,25,26)(H,22,23,24)/p-1/b12-5+. The number of rotatable bonds is 6. The van der Waals surface area contributed by atoms with E-state index in [2.05, 4.69) is 10.3 Å². The van der Waals surface area contributed by atoms with E-state index in [1.165, 1.54) is 36.5 Å². The summed E-state index contributed by atoms with van der Waals surface area (Å²) in [5.41, 5.74) is 2.81. The maximum atomic E-state index is 11.7. The normalized spacial score (nSPS) is 11.5. The number of nitrogens with one attached hydrogen (secondary N) is 1. The first kappa shape index (κ1) is 21.4. The molecule has 0 aliphatic heterocycles. The van der Waals surface area contributed by atoms with Crippen LogP contribution in [-0.2, 0) is 19.4 Å². The van der Waals surface area contributed by atoms with Gasteiger partial charge in [-0.1, -0.05) is 53.8 Å². The van der Waals surface area contributed by atoms with Gasteiger partial charge in [0.2, 0.25) is 5.91 Å². The van der Waals surface area contributed by atoms with Crippen LogP contribution < -0.4 is 10.4 Å². The molecule has 0 atom stereocenters. The average Bonchev–Trinajstić information content (AvgIpc) is 3.09. The molecule has 0 fully saturated rings. The summed E-state index contributed by atoms with van der Waals surface area (Å²) in [5.74, 6) is -1.53. The van der Waals surface area contributed by atoms with E-state index in [1.54, 1.807) is 36.4 Å². The Kier molecular flexibility index (Phi) is 6.14. The van der Waals surface area contributed by atoms with Crippen LogP contribution in [0.5, 0.6) is 0 Å². The molecule has 0 unspecified atom stereocenters. The van der Waals surface area contributed by atoms with Gasteiger partial charge in [-0.3, -0.25) is 4.79 Å². The third-order valence-electron chi connectivity index (χ3n) is 4.05. The number of thiazole rings is 1. The molecule has 2 aromatic carbocycles. The lowest BCUT2D eigenvalue weighted by molar-refractivity contribution is -0.297. The maximum Gasteiger partial charge on any atom is 0.223 e. The third kappa shape index (κ3) is 5.19. The van der Waals surface area contributed by atoms with Gasteiger partial charge in [0, 0.05) is 18.7 Å². The first-order valence-corrected chi connectivity index (χ1v) is 11.4. The zero-order valence-electron chi connectivity index (χ0n) is 16.1. The lowest BCUT2D eigenvalue weighted by atomic mass is 10.0. The van der Waals surface area contributed by atoms with Crippen molar-refractivity contribution in [2.24, 2.45) is 0 Å². The third-order valence-corrected chi connectivity index (χ3v) is 6.20. The van der Waals surface area contributed by atoms with Crippen LogP contribution >= 0.6 is 11.3 Å². The molecule has 3 rings (SSSR count). The molecule has 7 nitrogen and oxygen atoms in total. The van der Waals surface area contributed by atoms with Crippen molar-refractivity contribution in [3.05, 3.63) is 60.2 Å². The fraction of sp³-hybridized carbons (Fsp3) is 0.0952. The van der Waals surface area contributed by atoms with E-state index < -0.39 is 15.8 Å². The van der Waals surface area contributed by atoms with Crippen LogP contribution in [0.1, 0.15) is 12.5 Å². The van der Waals surface area contributed by atoms with Crippen molar-refractivity contribution in [2.45, 2.75) is 11.8 Å². The molecule has 1 amide bonds. The summed E-state index contributed by atoms with van der Waals surface area (Å²) < 4.78 is 23.4. The Labute approximate surface area is 177 Å². The molecule has 0 aliphatic carbocycles. The minimum atomic E-state index is -3.31. The number of benzene rings is 2. The SMILES string of the molecule is CC(=O)Nc1nc(-c2ccc(/C=C/C(=O)[O-])cc2)c(-c2ccc(S(C)(=O)=O)cc2)s1. The Bertz CT molecular complexity index is 1230. The summed E-state index contributed by atoms with van der Waals surface area (Å²) in [6, 6.07) is 13.5. The Morgan fingerprint density at radius 2 is 1.63 bits per heavy atom. The van der Waals surface area contributed by atoms with Crippen LogP contribution in [0.2, 0.25) is 0 Å². The molecule has 1 aromatic heterocycles. The van der Waals surface area contributed by atoms with Crippen molar-refractivity contribution in [3.63, 3.8) is 0 Å². The van der Waals surface area contributed by atoms with Crippen molar-refractivity contribution in [1.82, 2.24) is 4.98 Å². The van der Waals surface area contributed by atoms with Crippen LogP contribution in [0, 0.1) is 0 Å². The molecule has 0 aliphatic rings. The van der Waals surface area contributed by atoms with E-state index in [-0.39, 0.29) is 10.8 Å². The number of hydrogen-bond donors (Lipinski definition) is 1. The Morgan fingerprint density at radius 1 is 1.03 bits per heavy atom. The number of carboxylic acids is 1. The zero-order chi connectivity index (χ0) is 21.9. The van der Waals surface area contributed by atoms with E-state index in [9.17, 15) is 23.1 Å². The number of hydrogen-bond acceptors (Lipinski definition) is 7. The number of anilines is 1. The van der Waals surface area contributed by atoms with E-state index >= 15 is 0 Å². The van der Waals surface area contributed by atoms with Gasteiger partial charge in [0.05, 0.1) is 21.4 Å². The number of aromatic nitrogens is 1. The number of sulfone groups is 1. The van der Waals surface area contributed by atoms with Crippen molar-refractivity contribution >= 4 is 44.3 Å². The highest BCUT2D eigenvalue weighted by Crippen LogP contribution is 2.39. The molecular formula is C21H17N2O5S2-. The van der Waals surface area contributed by atoms with Gasteiger partial charge >= 0.3 is 0 Å². The van der Waals surface area contributed by atoms with Gasteiger partial charge in [0.15, 0.2) is 15.0 Å². The average molecular weight is 442 g/mol. The summed E-state index contributed by atoms with van der Waals surface area (Å²) in [6.45, 7) is 1.39. The monoisotopic (exact) mass is 441 g/mol. The number of carbonyl (C=O) groups excluding carboxylic acids is 2. The molecule has 9 heteroatoms. The van der Waals surface area contributed by atoms with Crippen LogP contribution in [-0.4, -0.2) is 31.5 Å². The summed E-state index contributed by atoms with van der Waals surface area (Å²) in [6.07, 6.45) is 3.51. The van der Waals surface area contributed by atoms with Gasteiger partial charge in [-0.25, -0.2) is 13.4 Å². The quantitative estimate of drug-likeness (QED) is 0.588. The molecule has 1 N–H and O–H groups in total. The Balaban J connectivity index is 2.04. The van der Waals surface area contributed by atoms with E-state index in [0.717, 1.165) is 28.3 Å². The molecule has 154 valence electrons. The number of carbonyl (C=O) groups is 2. The topological polar surface area (TPSA) is 116 Å². The molecule has 0 saturated heterocycles. The molecule has 0 spiro atoms. The minimum Gasteiger partial charge on any atom is -0.545 e. The fourth-order valence-electron chi connectivity index (χ4n) is 2.69. The van der Waals surface area contributed by atoms with Crippen molar-refractivity contribution < 1.29 is 23.1 Å². The zero-order valence-corrected chi connectivity index (χ0v) is 17.7. The second-order valence-electron chi connectivity index (χ2n) is 6.45. The van der Waals surface area contributed by atoms with Crippen LogP contribution in [0.25, 0.3) is 27.8 Å². The number of aliphatic carboxylic acids is 1. The van der Waals surface area contributed by atoms with Crippen LogP contribution in [0.3, 0.4) is 0 Å². The molecule has 1 heterocycles. The van der Waals surface area contributed by atoms with E-state index in [1.807, 2.05) is 0 Å². The van der Waals surface area contributed by atoms with Crippen molar-refractivity contribution in [2.75, 3.05) is 11.6 Å².